The number of nitrogens with zero attached hydrogens (tertiary/aromatic N) is 3. The fourth-order valence-electron chi connectivity index (χ4n) is 7.56. The van der Waals surface area contributed by atoms with Crippen LogP contribution in [0.25, 0.3) is 27.6 Å². The van der Waals surface area contributed by atoms with Gasteiger partial charge in [0.25, 0.3) is 0 Å². The molecule has 2 heterocycles. The van der Waals surface area contributed by atoms with E-state index in [0.717, 1.165) is 55.9 Å². The molecule has 0 saturated carbocycles. The Hall–Kier alpha value is -4.86. The molecule has 1 N–H and O–H groups in total. The van der Waals surface area contributed by atoms with Crippen LogP contribution in [0.4, 0.5) is 22.7 Å². The topological polar surface area (TPSA) is 42.3 Å². The minimum Gasteiger partial charge on any atom is -0.516 e. The van der Waals surface area contributed by atoms with Gasteiger partial charge < -0.3 is 19.5 Å². The number of rotatable bonds is 8. The molecule has 7 aromatic rings. The number of hydrogen-bond donors (Lipinski definition) is 1. The van der Waals surface area contributed by atoms with E-state index in [0.29, 0.717) is 17.4 Å². The van der Waals surface area contributed by atoms with Gasteiger partial charge >= 0.3 is 0 Å². The van der Waals surface area contributed by atoms with Crippen LogP contribution in [-0.2, 0) is 42.7 Å². The van der Waals surface area contributed by atoms with Gasteiger partial charge in [-0.05, 0) is 97.7 Å². The van der Waals surface area contributed by atoms with Crippen molar-refractivity contribution in [2.24, 2.45) is 0 Å². The molecule has 0 aliphatic heterocycles. The fraction of sp³-hybridized carbons (Fsp3) is 0.345. The van der Waals surface area contributed by atoms with Crippen molar-refractivity contribution >= 4 is 44.6 Å². The van der Waals surface area contributed by atoms with Gasteiger partial charge in [0.05, 0.1) is 5.69 Å². The summed E-state index contributed by atoms with van der Waals surface area (Å²) < 4.78 is 9.03. The molecular formula is C55H63N4OPt-3. The van der Waals surface area contributed by atoms with Gasteiger partial charge in [0.15, 0.2) is 0 Å². The maximum absolute atomic E-state index is 6.78. The first-order valence-corrected chi connectivity index (χ1v) is 21.3. The van der Waals surface area contributed by atoms with Gasteiger partial charge in [-0.1, -0.05) is 133 Å². The normalized spacial score (nSPS) is 12.5. The van der Waals surface area contributed by atoms with Crippen molar-refractivity contribution in [1.82, 2.24) is 9.55 Å². The molecule has 6 heteroatoms. The number of hydrogen-bond acceptors (Lipinski definition) is 4. The van der Waals surface area contributed by atoms with E-state index in [1.807, 2.05) is 17.2 Å². The van der Waals surface area contributed by atoms with Crippen LogP contribution in [0.3, 0.4) is 0 Å². The standard InChI is InChI=1S/C55H63N4O.Pt/c1-35(2)36-26-39(54(9,10)11)28-41(27-36)57-47-18-16-17-19-48(47)58(15)42-29-40(55(12,13)14)30-44(33-42)60-43-21-23-46-45-22-20-37(52(3,4)5)31-49(45)59(50(46)34-43)51-32-38(24-25-56-51)53(6,7)8;/h16-32,35,57H,15H2,1-14H3;/q-3;. The molecule has 5 aromatic carbocycles. The van der Waals surface area contributed by atoms with Crippen molar-refractivity contribution < 1.29 is 25.8 Å². The first-order chi connectivity index (χ1) is 28.0. The van der Waals surface area contributed by atoms with Crippen molar-refractivity contribution in [3.63, 3.8) is 0 Å². The Morgan fingerprint density at radius 2 is 1.26 bits per heavy atom. The third kappa shape index (κ3) is 9.79. The quantitative estimate of drug-likeness (QED) is 0.154. The summed E-state index contributed by atoms with van der Waals surface area (Å²) in [6.45, 7) is 31.4. The van der Waals surface area contributed by atoms with Crippen LogP contribution in [-0.4, -0.2) is 9.55 Å². The molecule has 0 saturated heterocycles. The van der Waals surface area contributed by atoms with Gasteiger partial charge in [0, 0.05) is 55.7 Å². The molecule has 0 amide bonds. The summed E-state index contributed by atoms with van der Waals surface area (Å²) in [5.74, 6) is 2.45. The van der Waals surface area contributed by atoms with Crippen LogP contribution in [0.1, 0.15) is 131 Å². The van der Waals surface area contributed by atoms with Gasteiger partial charge in [-0.2, -0.15) is 6.07 Å². The summed E-state index contributed by atoms with van der Waals surface area (Å²) in [4.78, 5) is 6.89. The predicted molar refractivity (Wildman–Crippen MR) is 255 cm³/mol. The molecule has 2 aromatic heterocycles. The van der Waals surface area contributed by atoms with Crippen molar-refractivity contribution in [1.29, 1.82) is 0 Å². The summed E-state index contributed by atoms with van der Waals surface area (Å²) in [7, 11) is 4.60. The molecule has 0 radical (unpaired) electrons. The Labute approximate surface area is 380 Å². The Balaban J connectivity index is 0.00000622. The fourth-order valence-corrected chi connectivity index (χ4v) is 7.56. The zero-order valence-corrected chi connectivity index (χ0v) is 40.9. The molecule has 0 aliphatic rings. The number of anilines is 4. The van der Waals surface area contributed by atoms with E-state index in [-0.39, 0.29) is 42.7 Å². The van der Waals surface area contributed by atoms with E-state index in [1.54, 1.807) is 0 Å². The molecule has 0 fully saturated rings. The number of aromatic nitrogens is 2. The molecule has 61 heavy (non-hydrogen) atoms. The van der Waals surface area contributed by atoms with Crippen LogP contribution < -0.4 is 15.0 Å². The molecule has 322 valence electrons. The van der Waals surface area contributed by atoms with Crippen molar-refractivity contribution in [2.75, 3.05) is 10.2 Å². The molecule has 7 rings (SSSR count). The van der Waals surface area contributed by atoms with E-state index < -0.39 is 0 Å². The molecule has 0 unspecified atom stereocenters. The zero-order valence-electron chi connectivity index (χ0n) is 38.7. The van der Waals surface area contributed by atoms with Gasteiger partial charge in [-0.15, -0.1) is 47.0 Å². The molecular weight excluding hydrogens is 928 g/mol. The Bertz CT molecular complexity index is 2700. The number of para-hydroxylation sites is 2. The second-order valence-corrected chi connectivity index (χ2v) is 20.8. The zero-order chi connectivity index (χ0) is 43.5. The van der Waals surface area contributed by atoms with Crippen LogP contribution in [0.15, 0.2) is 103 Å². The largest absolute Gasteiger partial charge is 0.516 e. The van der Waals surface area contributed by atoms with Crippen LogP contribution in [0, 0.1) is 19.2 Å². The summed E-state index contributed by atoms with van der Waals surface area (Å²) in [6.07, 6.45) is 1.92. The third-order valence-corrected chi connectivity index (χ3v) is 11.5. The van der Waals surface area contributed by atoms with Crippen LogP contribution in [0.5, 0.6) is 11.5 Å². The Kier molecular flexibility index (Phi) is 12.6. The van der Waals surface area contributed by atoms with E-state index in [1.165, 1.54) is 22.3 Å². The van der Waals surface area contributed by atoms with Gasteiger partial charge in [-0.25, -0.2) is 4.98 Å². The van der Waals surface area contributed by atoms with Crippen LogP contribution in [0.2, 0.25) is 0 Å². The Morgan fingerprint density at radius 3 is 1.92 bits per heavy atom. The minimum absolute atomic E-state index is 0. The van der Waals surface area contributed by atoms with Crippen LogP contribution >= 0.6 is 0 Å². The molecule has 0 bridgehead atoms. The predicted octanol–water partition coefficient (Wildman–Crippen LogP) is 15.6. The summed E-state index contributed by atoms with van der Waals surface area (Å²) in [6, 6.07) is 42.0. The number of benzene rings is 5. The molecule has 0 atom stereocenters. The first kappa shape index (κ1) is 45.7. The molecule has 5 nitrogen and oxygen atoms in total. The molecule has 0 spiro atoms. The Morgan fingerprint density at radius 1 is 0.639 bits per heavy atom. The third-order valence-electron chi connectivity index (χ3n) is 11.5. The van der Waals surface area contributed by atoms with E-state index in [9.17, 15) is 0 Å². The number of ether oxygens (including phenoxy) is 1. The number of nitrogens with one attached hydrogen (secondary N) is 1. The summed E-state index contributed by atoms with van der Waals surface area (Å²) >= 11 is 0. The second kappa shape index (κ2) is 16.8. The van der Waals surface area contributed by atoms with E-state index >= 15 is 0 Å². The maximum Gasteiger partial charge on any atom is 0.135 e. The SMILES string of the molecule is [CH2-]N(c1[c-]c(Oc2[c-]c3c(cc2)c2ccc(C(C)(C)C)cc2n3-c2cc(C(C)(C)C)ccn2)cc(C(C)(C)C)c1)c1ccccc1Nc1cc(C(C)C)cc(C(C)(C)C)c1.[Pt]. The van der Waals surface area contributed by atoms with Gasteiger partial charge in [-0.3, -0.25) is 7.05 Å². The summed E-state index contributed by atoms with van der Waals surface area (Å²) in [5.41, 5.74) is 11.7. The minimum atomic E-state index is -0.171. The monoisotopic (exact) mass is 990 g/mol. The van der Waals surface area contributed by atoms with Crippen molar-refractivity contribution in [2.45, 2.75) is 125 Å². The van der Waals surface area contributed by atoms with Crippen molar-refractivity contribution in [3.8, 4) is 17.3 Å². The smallest absolute Gasteiger partial charge is 0.135 e. The number of pyridine rings is 1. The van der Waals surface area contributed by atoms with Crippen molar-refractivity contribution in [3.05, 3.63) is 150 Å². The summed E-state index contributed by atoms with van der Waals surface area (Å²) in [5, 5.41) is 6.00. The average molecular weight is 991 g/mol. The maximum atomic E-state index is 6.78. The van der Waals surface area contributed by atoms with E-state index in [2.05, 4.69) is 217 Å². The second-order valence-electron chi connectivity index (χ2n) is 20.8. The van der Waals surface area contributed by atoms with Gasteiger partial charge in [0.1, 0.15) is 5.82 Å². The van der Waals surface area contributed by atoms with Gasteiger partial charge in [0.2, 0.25) is 0 Å². The molecule has 0 aliphatic carbocycles. The first-order valence-electron chi connectivity index (χ1n) is 21.3. The van der Waals surface area contributed by atoms with E-state index in [4.69, 9.17) is 9.72 Å². The number of fused-ring (bicyclic) bond motifs is 3. The average Bonchev–Trinajstić information content (AvgIpc) is 3.49.